The quantitative estimate of drug-likeness (QED) is 0.573. The molecule has 4 heteroatoms. The lowest BCUT2D eigenvalue weighted by molar-refractivity contribution is -0.120. The van der Waals surface area contributed by atoms with Gasteiger partial charge in [-0.1, -0.05) is 18.2 Å². The number of terminal acetylenes is 1. The van der Waals surface area contributed by atoms with E-state index < -0.39 is 0 Å². The molecule has 0 radical (unpaired) electrons. The molecule has 0 spiro atoms. The maximum Gasteiger partial charge on any atom is 0.251 e. The van der Waals surface area contributed by atoms with Crippen LogP contribution in [-0.4, -0.2) is 24.9 Å². The first-order valence-corrected chi connectivity index (χ1v) is 5.27. The van der Waals surface area contributed by atoms with Crippen LogP contribution in [0.2, 0.25) is 0 Å². The van der Waals surface area contributed by atoms with Crippen molar-refractivity contribution in [2.45, 2.75) is 6.42 Å². The minimum atomic E-state index is -0.266. The second kappa shape index (κ2) is 7.07. The number of carbonyl (C=O) groups excluding carboxylic acids is 2. The van der Waals surface area contributed by atoms with Crippen LogP contribution in [-0.2, 0) is 4.79 Å². The van der Waals surface area contributed by atoms with E-state index in [1.165, 1.54) is 0 Å². The van der Waals surface area contributed by atoms with E-state index in [1.807, 2.05) is 6.07 Å². The van der Waals surface area contributed by atoms with Gasteiger partial charge in [0.2, 0.25) is 5.91 Å². The Morgan fingerprint density at radius 2 is 1.88 bits per heavy atom. The third-order valence-electron chi connectivity index (χ3n) is 2.04. The minimum absolute atomic E-state index is 0.0434. The maximum atomic E-state index is 11.6. The molecular formula is C13H14N2O2. The molecule has 0 aliphatic heterocycles. The molecule has 0 aliphatic carbocycles. The summed E-state index contributed by atoms with van der Waals surface area (Å²) in [5, 5.41) is 5.12. The molecule has 0 aromatic heterocycles. The van der Waals surface area contributed by atoms with Gasteiger partial charge < -0.3 is 10.6 Å². The minimum Gasteiger partial charge on any atom is -0.354 e. The molecule has 1 rings (SSSR count). The van der Waals surface area contributed by atoms with Crippen molar-refractivity contribution in [3.05, 3.63) is 35.9 Å². The van der Waals surface area contributed by atoms with Gasteiger partial charge in [-0.2, -0.15) is 0 Å². The fourth-order valence-corrected chi connectivity index (χ4v) is 1.19. The third kappa shape index (κ3) is 4.85. The first kappa shape index (κ1) is 12.8. The van der Waals surface area contributed by atoms with Gasteiger partial charge in [0.25, 0.3) is 5.91 Å². The van der Waals surface area contributed by atoms with Gasteiger partial charge in [-0.05, 0) is 12.1 Å². The van der Waals surface area contributed by atoms with E-state index in [4.69, 9.17) is 6.42 Å². The lowest BCUT2D eigenvalue weighted by atomic mass is 10.2. The molecule has 0 saturated carbocycles. The highest BCUT2D eigenvalue weighted by atomic mass is 16.2. The molecule has 1 aromatic carbocycles. The van der Waals surface area contributed by atoms with Gasteiger partial charge in [0.05, 0.1) is 6.54 Å². The molecule has 2 amide bonds. The average Bonchev–Trinajstić information content (AvgIpc) is 2.37. The van der Waals surface area contributed by atoms with Crippen molar-refractivity contribution in [1.29, 1.82) is 0 Å². The average molecular weight is 230 g/mol. The Morgan fingerprint density at radius 1 is 1.18 bits per heavy atom. The largest absolute Gasteiger partial charge is 0.354 e. The van der Waals surface area contributed by atoms with E-state index in [1.54, 1.807) is 24.3 Å². The van der Waals surface area contributed by atoms with Gasteiger partial charge in [-0.25, -0.2) is 0 Å². The van der Waals surface area contributed by atoms with Crippen LogP contribution in [0.4, 0.5) is 0 Å². The number of rotatable bonds is 5. The van der Waals surface area contributed by atoms with Crippen molar-refractivity contribution in [3.8, 4) is 12.3 Å². The van der Waals surface area contributed by atoms with Gasteiger partial charge in [0, 0.05) is 18.5 Å². The Hall–Kier alpha value is -2.28. The summed E-state index contributed by atoms with van der Waals surface area (Å²) in [6, 6.07) is 8.73. The third-order valence-corrected chi connectivity index (χ3v) is 2.04. The van der Waals surface area contributed by atoms with Crippen molar-refractivity contribution in [3.63, 3.8) is 0 Å². The van der Waals surface area contributed by atoms with E-state index in [0.717, 1.165) is 0 Å². The Balaban J connectivity index is 2.29. The van der Waals surface area contributed by atoms with Crippen LogP contribution in [0.3, 0.4) is 0 Å². The standard InChI is InChI=1S/C13H14N2O2/c1-2-3-9-14-12(16)10-15-13(17)11-7-5-4-6-8-11/h1,4-8H,3,9-10H2,(H,14,16)(H,15,17). The van der Waals surface area contributed by atoms with Gasteiger partial charge in [0.1, 0.15) is 0 Å². The molecule has 4 nitrogen and oxygen atoms in total. The number of nitrogens with one attached hydrogen (secondary N) is 2. The summed E-state index contributed by atoms with van der Waals surface area (Å²) in [7, 11) is 0. The van der Waals surface area contributed by atoms with Crippen molar-refractivity contribution in [1.82, 2.24) is 10.6 Å². The number of hydrogen-bond donors (Lipinski definition) is 2. The molecule has 0 atom stereocenters. The van der Waals surface area contributed by atoms with Gasteiger partial charge in [0.15, 0.2) is 0 Å². The molecule has 0 aliphatic rings. The molecule has 88 valence electrons. The van der Waals surface area contributed by atoms with Gasteiger partial charge in [-0.3, -0.25) is 9.59 Å². The molecule has 0 bridgehead atoms. The topological polar surface area (TPSA) is 58.2 Å². The van der Waals surface area contributed by atoms with Crippen molar-refractivity contribution in [2.75, 3.05) is 13.1 Å². The second-order valence-electron chi connectivity index (χ2n) is 3.35. The summed E-state index contributed by atoms with van der Waals surface area (Å²) in [6.45, 7) is 0.384. The lowest BCUT2D eigenvalue weighted by Crippen LogP contribution is -2.37. The molecule has 0 unspecified atom stereocenters. The zero-order chi connectivity index (χ0) is 12.5. The fraction of sp³-hybridized carbons (Fsp3) is 0.231. The SMILES string of the molecule is C#CCCNC(=O)CNC(=O)c1ccccc1. The predicted molar refractivity (Wildman–Crippen MR) is 65.2 cm³/mol. The van der Waals surface area contributed by atoms with Gasteiger partial charge in [-0.15, -0.1) is 12.3 Å². The van der Waals surface area contributed by atoms with E-state index in [-0.39, 0.29) is 18.4 Å². The first-order valence-electron chi connectivity index (χ1n) is 5.27. The summed E-state index contributed by atoms with van der Waals surface area (Å²) < 4.78 is 0. The van der Waals surface area contributed by atoms with Crippen LogP contribution in [0.15, 0.2) is 30.3 Å². The van der Waals surface area contributed by atoms with E-state index in [0.29, 0.717) is 18.5 Å². The number of benzene rings is 1. The molecule has 0 saturated heterocycles. The summed E-state index contributed by atoms with van der Waals surface area (Å²) in [4.78, 5) is 22.8. The number of hydrogen-bond acceptors (Lipinski definition) is 2. The zero-order valence-electron chi connectivity index (χ0n) is 9.40. The van der Waals surface area contributed by atoms with Crippen LogP contribution in [0.25, 0.3) is 0 Å². The summed E-state index contributed by atoms with van der Waals surface area (Å²) >= 11 is 0. The Labute approximate surface area is 100 Å². The Bertz CT molecular complexity index is 421. The Morgan fingerprint density at radius 3 is 2.53 bits per heavy atom. The second-order valence-corrected chi connectivity index (χ2v) is 3.35. The van der Waals surface area contributed by atoms with Crippen LogP contribution < -0.4 is 10.6 Å². The molecule has 0 heterocycles. The highest BCUT2D eigenvalue weighted by Crippen LogP contribution is 1.96. The summed E-state index contributed by atoms with van der Waals surface area (Å²) in [5.41, 5.74) is 0.531. The highest BCUT2D eigenvalue weighted by molar-refractivity contribution is 5.96. The molecule has 1 aromatic rings. The summed E-state index contributed by atoms with van der Waals surface area (Å²) in [6.07, 6.45) is 5.53. The van der Waals surface area contributed by atoms with Crippen LogP contribution >= 0.6 is 0 Å². The van der Waals surface area contributed by atoms with Crippen LogP contribution in [0.1, 0.15) is 16.8 Å². The van der Waals surface area contributed by atoms with E-state index in [2.05, 4.69) is 16.6 Å². The Kier molecular flexibility index (Phi) is 5.32. The highest BCUT2D eigenvalue weighted by Gasteiger charge is 2.06. The molecule has 2 N–H and O–H groups in total. The molecule has 0 fully saturated rings. The van der Waals surface area contributed by atoms with E-state index >= 15 is 0 Å². The molecular weight excluding hydrogens is 216 g/mol. The van der Waals surface area contributed by atoms with Crippen molar-refractivity contribution < 1.29 is 9.59 Å². The molecule has 17 heavy (non-hydrogen) atoms. The smallest absolute Gasteiger partial charge is 0.251 e. The number of carbonyl (C=O) groups is 2. The van der Waals surface area contributed by atoms with Crippen molar-refractivity contribution >= 4 is 11.8 Å². The lowest BCUT2D eigenvalue weighted by Gasteiger charge is -2.05. The van der Waals surface area contributed by atoms with Crippen LogP contribution in [0.5, 0.6) is 0 Å². The summed E-state index contributed by atoms with van der Waals surface area (Å²) in [5.74, 6) is 1.90. The number of amides is 2. The monoisotopic (exact) mass is 230 g/mol. The van der Waals surface area contributed by atoms with Crippen LogP contribution in [0, 0.1) is 12.3 Å². The first-order chi connectivity index (χ1) is 8.24. The normalized spacial score (nSPS) is 9.12. The fourth-order valence-electron chi connectivity index (χ4n) is 1.19. The maximum absolute atomic E-state index is 11.6. The zero-order valence-corrected chi connectivity index (χ0v) is 9.40. The van der Waals surface area contributed by atoms with Gasteiger partial charge >= 0.3 is 0 Å². The van der Waals surface area contributed by atoms with Crippen molar-refractivity contribution in [2.24, 2.45) is 0 Å². The predicted octanol–water partition coefficient (Wildman–Crippen LogP) is 0.556. The van der Waals surface area contributed by atoms with E-state index in [9.17, 15) is 9.59 Å².